The molecule has 2 rings (SSSR count). The Hall–Kier alpha value is -3.16. The number of hydrazine groups is 2. The molecule has 1 atom stereocenters. The number of fused-ring (bicyclic) bond motifs is 1. The van der Waals surface area contributed by atoms with Crippen molar-refractivity contribution >= 4 is 22.5 Å². The van der Waals surface area contributed by atoms with E-state index in [4.69, 9.17) is 11.7 Å². The largest absolute Gasteiger partial charge is 0.348 e. The van der Waals surface area contributed by atoms with Gasteiger partial charge in [-0.1, -0.05) is 66.8 Å². The molecular formula is C24H34N6O. The van der Waals surface area contributed by atoms with Gasteiger partial charge in [-0.05, 0) is 43.9 Å². The van der Waals surface area contributed by atoms with Crippen molar-refractivity contribution < 1.29 is 4.79 Å². The third kappa shape index (κ3) is 7.24. The smallest absolute Gasteiger partial charge is 0.310 e. The SMILES string of the molecule is C=C(C)/C=C\CCC(CCNN=C(C)c1cccc2ccccc12)N(N)C(=O)N(C)N. The number of carbonyl (C=O) groups excluding carboxylic acids is 1. The number of nitrogens with zero attached hydrogens (tertiary/aromatic N) is 3. The van der Waals surface area contributed by atoms with Crippen molar-refractivity contribution in [1.82, 2.24) is 15.4 Å². The Labute approximate surface area is 185 Å². The van der Waals surface area contributed by atoms with Crippen LogP contribution in [0.5, 0.6) is 0 Å². The number of benzene rings is 2. The van der Waals surface area contributed by atoms with Crippen LogP contribution in [0.15, 0.2) is 71.9 Å². The van der Waals surface area contributed by atoms with E-state index in [1.807, 2.05) is 44.2 Å². The molecule has 0 aliphatic rings. The zero-order valence-corrected chi connectivity index (χ0v) is 18.7. The molecule has 1 unspecified atom stereocenters. The summed E-state index contributed by atoms with van der Waals surface area (Å²) >= 11 is 0. The van der Waals surface area contributed by atoms with Crippen LogP contribution in [-0.4, -0.2) is 41.4 Å². The van der Waals surface area contributed by atoms with Crippen LogP contribution >= 0.6 is 0 Å². The number of allylic oxidation sites excluding steroid dienone is 3. The number of nitrogens with two attached hydrogens (primary N) is 2. The molecule has 0 spiro atoms. The van der Waals surface area contributed by atoms with Gasteiger partial charge in [-0.15, -0.1) is 0 Å². The average Bonchev–Trinajstić information content (AvgIpc) is 2.76. The fourth-order valence-corrected chi connectivity index (χ4v) is 3.34. The van der Waals surface area contributed by atoms with Gasteiger partial charge in [0.25, 0.3) is 0 Å². The van der Waals surface area contributed by atoms with E-state index in [0.717, 1.165) is 28.3 Å². The Bertz CT molecular complexity index is 945. The van der Waals surface area contributed by atoms with Crippen LogP contribution in [0.1, 0.15) is 38.7 Å². The molecule has 0 heterocycles. The molecule has 7 heteroatoms. The van der Waals surface area contributed by atoms with Gasteiger partial charge >= 0.3 is 6.03 Å². The van der Waals surface area contributed by atoms with Crippen molar-refractivity contribution in [2.45, 2.75) is 39.2 Å². The molecule has 2 aromatic carbocycles. The first-order valence-corrected chi connectivity index (χ1v) is 10.4. The fourth-order valence-electron chi connectivity index (χ4n) is 3.34. The summed E-state index contributed by atoms with van der Waals surface area (Å²) in [7, 11) is 1.48. The second-order valence-electron chi connectivity index (χ2n) is 7.70. The summed E-state index contributed by atoms with van der Waals surface area (Å²) in [5, 5.41) is 9.08. The monoisotopic (exact) mass is 422 g/mol. The Balaban J connectivity index is 2.01. The van der Waals surface area contributed by atoms with Crippen LogP contribution in [0, 0.1) is 0 Å². The number of hydrogen-bond donors (Lipinski definition) is 3. The maximum absolute atomic E-state index is 12.2. The van der Waals surface area contributed by atoms with Gasteiger partial charge in [-0.2, -0.15) is 5.10 Å². The predicted octanol–water partition coefficient (Wildman–Crippen LogP) is 3.93. The second kappa shape index (κ2) is 11.9. The van der Waals surface area contributed by atoms with Gasteiger partial charge in [0.1, 0.15) is 0 Å². The third-order valence-corrected chi connectivity index (χ3v) is 5.00. The van der Waals surface area contributed by atoms with Gasteiger partial charge in [-0.25, -0.2) is 16.5 Å². The van der Waals surface area contributed by atoms with Crippen LogP contribution in [0.3, 0.4) is 0 Å². The molecule has 0 aliphatic carbocycles. The molecule has 0 bridgehead atoms. The van der Waals surface area contributed by atoms with E-state index in [1.54, 1.807) is 0 Å². The Kier molecular flexibility index (Phi) is 9.24. The summed E-state index contributed by atoms with van der Waals surface area (Å²) in [5.74, 6) is 11.6. The number of nitrogens with one attached hydrogen (secondary N) is 1. The Morgan fingerprint density at radius 2 is 1.87 bits per heavy atom. The van der Waals surface area contributed by atoms with Gasteiger partial charge < -0.3 is 5.43 Å². The highest BCUT2D eigenvalue weighted by Gasteiger charge is 2.21. The molecule has 0 aliphatic heterocycles. The fraction of sp³-hybridized carbons (Fsp3) is 0.333. The minimum Gasteiger partial charge on any atom is -0.310 e. The number of urea groups is 1. The van der Waals surface area contributed by atoms with Crippen LogP contribution < -0.4 is 17.1 Å². The van der Waals surface area contributed by atoms with Crippen LogP contribution in [0.25, 0.3) is 10.8 Å². The molecule has 7 nitrogen and oxygen atoms in total. The van der Waals surface area contributed by atoms with E-state index in [9.17, 15) is 4.79 Å². The highest BCUT2D eigenvalue weighted by molar-refractivity contribution is 6.09. The van der Waals surface area contributed by atoms with E-state index in [2.05, 4.69) is 41.4 Å². The van der Waals surface area contributed by atoms with Gasteiger partial charge in [0.05, 0.1) is 11.8 Å². The third-order valence-electron chi connectivity index (χ3n) is 5.00. The van der Waals surface area contributed by atoms with E-state index < -0.39 is 6.03 Å². The van der Waals surface area contributed by atoms with Gasteiger partial charge in [0.15, 0.2) is 0 Å². The van der Waals surface area contributed by atoms with Gasteiger partial charge in [-0.3, -0.25) is 10.0 Å². The lowest BCUT2D eigenvalue weighted by atomic mass is 10.0. The minimum atomic E-state index is -0.427. The van der Waals surface area contributed by atoms with Crippen molar-refractivity contribution in [2.24, 2.45) is 16.8 Å². The van der Waals surface area contributed by atoms with Crippen LogP contribution in [0.4, 0.5) is 4.79 Å². The normalized spacial score (nSPS) is 12.7. The molecule has 0 radical (unpaired) electrons. The molecule has 0 saturated heterocycles. The van der Waals surface area contributed by atoms with E-state index in [0.29, 0.717) is 19.4 Å². The Morgan fingerprint density at radius 3 is 2.58 bits per heavy atom. The standard InChI is InChI=1S/C24H34N6O/c1-18(2)10-5-7-13-21(30(26)24(31)29(4)25)16-17-27-28-19(3)22-15-9-12-20-11-6-8-14-23(20)22/h5-6,8-12,14-15,21,27H,1,7,13,16-17,25-26H2,2-4H3/b10-5-,28-19?. The first-order chi connectivity index (χ1) is 14.8. The molecule has 0 aromatic heterocycles. The number of hydrogen-bond acceptors (Lipinski definition) is 5. The lowest BCUT2D eigenvalue weighted by molar-refractivity contribution is 0.136. The number of amides is 2. The van der Waals surface area contributed by atoms with Crippen molar-refractivity contribution in [3.05, 3.63) is 72.3 Å². The highest BCUT2D eigenvalue weighted by Crippen LogP contribution is 2.19. The maximum atomic E-state index is 12.2. The predicted molar refractivity (Wildman–Crippen MR) is 129 cm³/mol. The van der Waals surface area contributed by atoms with Crippen LogP contribution in [0.2, 0.25) is 0 Å². The molecule has 0 saturated carbocycles. The molecule has 31 heavy (non-hydrogen) atoms. The molecule has 0 fully saturated rings. The van der Waals surface area contributed by atoms with E-state index in [1.165, 1.54) is 22.8 Å². The summed E-state index contributed by atoms with van der Waals surface area (Å²) in [6.45, 7) is 8.35. The van der Waals surface area contributed by atoms with Crippen molar-refractivity contribution in [3.8, 4) is 0 Å². The molecule has 2 amide bonds. The molecular weight excluding hydrogens is 388 g/mol. The van der Waals surface area contributed by atoms with Crippen molar-refractivity contribution in [2.75, 3.05) is 13.6 Å². The van der Waals surface area contributed by atoms with Crippen molar-refractivity contribution in [3.63, 3.8) is 0 Å². The maximum Gasteiger partial charge on any atom is 0.348 e. The first-order valence-electron chi connectivity index (χ1n) is 10.4. The summed E-state index contributed by atoms with van der Waals surface area (Å²) < 4.78 is 0. The lowest BCUT2D eigenvalue weighted by Gasteiger charge is -2.29. The summed E-state index contributed by atoms with van der Waals surface area (Å²) in [6, 6.07) is 13.8. The van der Waals surface area contributed by atoms with Crippen molar-refractivity contribution in [1.29, 1.82) is 0 Å². The average molecular weight is 423 g/mol. The quantitative estimate of drug-likeness (QED) is 0.135. The highest BCUT2D eigenvalue weighted by atomic mass is 16.2. The zero-order valence-electron chi connectivity index (χ0n) is 18.7. The number of hydrazone groups is 1. The zero-order chi connectivity index (χ0) is 22.8. The van der Waals surface area contributed by atoms with E-state index >= 15 is 0 Å². The molecule has 2 aromatic rings. The summed E-state index contributed by atoms with van der Waals surface area (Å²) in [5.41, 5.74) is 6.11. The number of carbonyl (C=O) groups is 1. The van der Waals surface area contributed by atoms with Gasteiger partial charge in [0, 0.05) is 19.2 Å². The van der Waals surface area contributed by atoms with E-state index in [-0.39, 0.29) is 6.04 Å². The molecule has 166 valence electrons. The molecule has 5 N–H and O–H groups in total. The topological polar surface area (TPSA) is 100.0 Å². The number of rotatable bonds is 10. The minimum absolute atomic E-state index is 0.172. The first kappa shape index (κ1) is 24.1. The lowest BCUT2D eigenvalue weighted by Crippen LogP contribution is -2.53. The Morgan fingerprint density at radius 1 is 1.16 bits per heavy atom. The van der Waals surface area contributed by atoms with Gasteiger partial charge in [0.2, 0.25) is 0 Å². The summed E-state index contributed by atoms with van der Waals surface area (Å²) in [4.78, 5) is 12.2. The van der Waals surface area contributed by atoms with Crippen LogP contribution in [-0.2, 0) is 0 Å². The second-order valence-corrected chi connectivity index (χ2v) is 7.70. The summed E-state index contributed by atoms with van der Waals surface area (Å²) in [6.07, 6.45) is 6.14.